The van der Waals surface area contributed by atoms with Crippen LogP contribution in [-0.4, -0.2) is 10.2 Å². The Morgan fingerprint density at radius 2 is 1.43 bits per heavy atom. The van der Waals surface area contributed by atoms with Crippen LogP contribution in [0.3, 0.4) is 0 Å². The predicted molar refractivity (Wildman–Crippen MR) is 71.1 cm³/mol. The van der Waals surface area contributed by atoms with Gasteiger partial charge in [0.05, 0.1) is 0 Å². The largest absolute Gasteiger partial charge is 0.504 e. The molecule has 118 valence electrons. The summed E-state index contributed by atoms with van der Waals surface area (Å²) >= 11 is 0. The molecule has 0 fully saturated rings. The Hall–Kier alpha value is -3.03. The zero-order chi connectivity index (χ0) is 16.9. The molecule has 2 N–H and O–H groups in total. The van der Waals surface area contributed by atoms with Crippen molar-refractivity contribution in [2.45, 2.75) is 0 Å². The van der Waals surface area contributed by atoms with Crippen LogP contribution in [0.25, 0.3) is 22.1 Å². The lowest BCUT2D eigenvalue weighted by Gasteiger charge is -2.09. The molecule has 3 aromatic rings. The predicted octanol–water partition coefficient (Wildman–Crippen LogP) is 3.43. The van der Waals surface area contributed by atoms with E-state index in [1.165, 1.54) is 0 Å². The summed E-state index contributed by atoms with van der Waals surface area (Å²) in [5.41, 5.74) is -2.32. The van der Waals surface area contributed by atoms with Crippen LogP contribution in [0.4, 0.5) is 17.6 Å². The van der Waals surface area contributed by atoms with Gasteiger partial charge in [-0.1, -0.05) is 0 Å². The van der Waals surface area contributed by atoms with Gasteiger partial charge in [-0.2, -0.15) is 0 Å². The monoisotopic (exact) mass is 326 g/mol. The minimum atomic E-state index is -2.04. The molecule has 0 unspecified atom stereocenters. The van der Waals surface area contributed by atoms with Crippen LogP contribution in [0.1, 0.15) is 0 Å². The molecule has 4 nitrogen and oxygen atoms in total. The van der Waals surface area contributed by atoms with Crippen LogP contribution in [0.15, 0.2) is 33.5 Å². The number of hydrogen-bond donors (Lipinski definition) is 2. The average Bonchev–Trinajstić information content (AvgIpc) is 2.50. The molecule has 1 aromatic heterocycles. The molecule has 23 heavy (non-hydrogen) atoms. The maximum absolute atomic E-state index is 13.9. The van der Waals surface area contributed by atoms with Crippen molar-refractivity contribution < 1.29 is 32.2 Å². The van der Waals surface area contributed by atoms with Gasteiger partial charge in [0.25, 0.3) is 0 Å². The highest BCUT2D eigenvalue weighted by atomic mass is 19.2. The van der Waals surface area contributed by atoms with E-state index in [2.05, 4.69) is 0 Å². The summed E-state index contributed by atoms with van der Waals surface area (Å²) < 4.78 is 58.5. The third-order valence-corrected chi connectivity index (χ3v) is 3.23. The first kappa shape index (κ1) is 14.9. The molecule has 0 aliphatic rings. The Bertz CT molecular complexity index is 1010. The van der Waals surface area contributed by atoms with Gasteiger partial charge in [0.2, 0.25) is 0 Å². The van der Waals surface area contributed by atoms with Crippen LogP contribution in [0.2, 0.25) is 0 Å². The molecule has 8 heteroatoms. The fraction of sp³-hybridized carbons (Fsp3) is 0. The third kappa shape index (κ3) is 2.28. The second-order valence-corrected chi connectivity index (χ2v) is 4.66. The molecule has 0 saturated heterocycles. The number of fused-ring (bicyclic) bond motifs is 1. The third-order valence-electron chi connectivity index (χ3n) is 3.23. The van der Waals surface area contributed by atoms with Gasteiger partial charge in [0, 0.05) is 28.6 Å². The van der Waals surface area contributed by atoms with Gasteiger partial charge in [-0.3, -0.25) is 0 Å². The van der Waals surface area contributed by atoms with E-state index >= 15 is 0 Å². The van der Waals surface area contributed by atoms with Crippen LogP contribution < -0.4 is 5.63 Å². The zero-order valence-corrected chi connectivity index (χ0v) is 11.0. The summed E-state index contributed by atoms with van der Waals surface area (Å²) in [6, 6.07) is 2.91. The second-order valence-electron chi connectivity index (χ2n) is 4.66. The fourth-order valence-electron chi connectivity index (χ4n) is 2.18. The van der Waals surface area contributed by atoms with Crippen molar-refractivity contribution in [3.8, 4) is 22.6 Å². The molecule has 0 bridgehead atoms. The molecule has 0 atom stereocenters. The van der Waals surface area contributed by atoms with Crippen LogP contribution in [0, 0.1) is 23.3 Å². The van der Waals surface area contributed by atoms with E-state index in [0.717, 1.165) is 18.2 Å². The summed E-state index contributed by atoms with van der Waals surface area (Å²) in [7, 11) is 0. The molecule has 0 aliphatic carbocycles. The highest BCUT2D eigenvalue weighted by Gasteiger charge is 2.22. The lowest BCUT2D eigenvalue weighted by Crippen LogP contribution is -2.02. The summed E-state index contributed by atoms with van der Waals surface area (Å²) in [4.78, 5) is 11.5. The standard InChI is InChI=1S/C15H6F4O4/c16-8-1-7(13(17)15(19)14(8)18)5-3-12(22)23-11-4-10(21)9(20)2-6(5)11/h1-4,20-21H. The van der Waals surface area contributed by atoms with Crippen molar-refractivity contribution in [3.63, 3.8) is 0 Å². The number of rotatable bonds is 1. The van der Waals surface area contributed by atoms with Gasteiger partial charge in [0.15, 0.2) is 34.8 Å². The van der Waals surface area contributed by atoms with Crippen molar-refractivity contribution in [1.29, 1.82) is 0 Å². The number of benzene rings is 2. The van der Waals surface area contributed by atoms with E-state index in [0.29, 0.717) is 6.07 Å². The Labute approximate surface area is 124 Å². The first-order chi connectivity index (χ1) is 10.8. The molecule has 0 saturated carbocycles. The van der Waals surface area contributed by atoms with Gasteiger partial charge in [-0.05, 0) is 12.1 Å². The van der Waals surface area contributed by atoms with Gasteiger partial charge < -0.3 is 14.6 Å². The Morgan fingerprint density at radius 3 is 2.13 bits per heavy atom. The van der Waals surface area contributed by atoms with E-state index in [1.54, 1.807) is 0 Å². The number of aromatic hydroxyl groups is 2. The first-order valence-electron chi connectivity index (χ1n) is 6.12. The first-order valence-corrected chi connectivity index (χ1v) is 6.12. The Morgan fingerprint density at radius 1 is 0.783 bits per heavy atom. The minimum absolute atomic E-state index is 0.107. The molecule has 0 radical (unpaired) electrons. The maximum Gasteiger partial charge on any atom is 0.336 e. The van der Waals surface area contributed by atoms with E-state index in [1.807, 2.05) is 0 Å². The number of hydrogen-bond acceptors (Lipinski definition) is 4. The highest BCUT2D eigenvalue weighted by Crippen LogP contribution is 2.36. The van der Waals surface area contributed by atoms with Crippen LogP contribution in [-0.2, 0) is 0 Å². The maximum atomic E-state index is 13.9. The van der Waals surface area contributed by atoms with Gasteiger partial charge in [-0.15, -0.1) is 0 Å². The van der Waals surface area contributed by atoms with E-state index in [4.69, 9.17) is 4.42 Å². The summed E-state index contributed by atoms with van der Waals surface area (Å²) in [6.45, 7) is 0. The average molecular weight is 326 g/mol. The van der Waals surface area contributed by atoms with E-state index < -0.39 is 46.0 Å². The Balaban J connectivity index is 2.46. The molecule has 0 amide bonds. The molecular weight excluding hydrogens is 320 g/mol. The molecule has 1 heterocycles. The number of phenolic OH excluding ortho intramolecular Hbond substituents is 2. The van der Waals surface area contributed by atoms with Crippen molar-refractivity contribution in [2.24, 2.45) is 0 Å². The lowest BCUT2D eigenvalue weighted by atomic mass is 10.0. The van der Waals surface area contributed by atoms with E-state index in [-0.39, 0.29) is 16.5 Å². The van der Waals surface area contributed by atoms with Crippen molar-refractivity contribution in [3.05, 3.63) is 58.0 Å². The van der Waals surface area contributed by atoms with Crippen molar-refractivity contribution >= 4 is 11.0 Å². The lowest BCUT2D eigenvalue weighted by molar-refractivity contribution is 0.403. The molecule has 0 spiro atoms. The highest BCUT2D eigenvalue weighted by molar-refractivity contribution is 5.95. The zero-order valence-electron chi connectivity index (χ0n) is 11.0. The normalized spacial score (nSPS) is 11.1. The molecule has 0 aliphatic heterocycles. The summed E-state index contributed by atoms with van der Waals surface area (Å²) in [6.07, 6.45) is 0. The van der Waals surface area contributed by atoms with Gasteiger partial charge in [0.1, 0.15) is 5.58 Å². The molecule has 2 aromatic carbocycles. The van der Waals surface area contributed by atoms with Crippen LogP contribution >= 0.6 is 0 Å². The fourth-order valence-corrected chi connectivity index (χ4v) is 2.18. The van der Waals surface area contributed by atoms with E-state index in [9.17, 15) is 32.6 Å². The SMILES string of the molecule is O=c1cc(-c2cc(F)c(F)c(F)c2F)c2cc(O)c(O)cc2o1. The number of halogens is 4. The topological polar surface area (TPSA) is 70.7 Å². The number of phenols is 2. The van der Waals surface area contributed by atoms with Gasteiger partial charge >= 0.3 is 5.63 Å². The van der Waals surface area contributed by atoms with Gasteiger partial charge in [-0.25, -0.2) is 22.4 Å². The Kier molecular flexibility index (Phi) is 3.24. The molecular formula is C15H6F4O4. The summed E-state index contributed by atoms with van der Waals surface area (Å²) in [5, 5.41) is 18.8. The van der Waals surface area contributed by atoms with Crippen molar-refractivity contribution in [2.75, 3.05) is 0 Å². The van der Waals surface area contributed by atoms with Crippen molar-refractivity contribution in [1.82, 2.24) is 0 Å². The summed E-state index contributed by atoms with van der Waals surface area (Å²) in [5.74, 6) is -8.62. The quantitative estimate of drug-likeness (QED) is 0.236. The minimum Gasteiger partial charge on any atom is -0.504 e. The smallest absolute Gasteiger partial charge is 0.336 e. The molecule has 3 rings (SSSR count). The second kappa shape index (κ2) is 5.01. The van der Waals surface area contributed by atoms with Crippen LogP contribution in [0.5, 0.6) is 11.5 Å².